The first-order chi connectivity index (χ1) is 23.4. The third kappa shape index (κ3) is 10.8. The standard InChI is InChI=1S/C38H57N5O6S/c1-37(2,3)42-35(46)31-22-27-17-13-14-18-28(27)24-43(31)25-32(44)30(21-26-15-9-7-10-16-26)40-36(47)34(38(4,5)50(6,48)49)41-33(45)23-39-29-19-11-8-12-20-29/h7-12,15-16,19-20,27-28,30-32,34,39,44H,13-14,17-18,21-25H2,1-6H3,(H,40,47)(H,41,45)(H,42,46)/t27?,28?,30-,31-,32+,34+/m0/s1. The van der Waals surface area contributed by atoms with Crippen LogP contribution < -0.4 is 21.3 Å². The second kappa shape index (κ2) is 16.7. The third-order valence-electron chi connectivity index (χ3n) is 10.3. The van der Waals surface area contributed by atoms with Crippen molar-refractivity contribution in [2.45, 2.75) is 108 Å². The maximum atomic E-state index is 14.2. The number of aliphatic hydroxyl groups excluding tert-OH is 1. The van der Waals surface area contributed by atoms with Crippen molar-refractivity contribution in [3.05, 3.63) is 66.2 Å². The fourth-order valence-electron chi connectivity index (χ4n) is 7.13. The number of benzene rings is 2. The summed E-state index contributed by atoms with van der Waals surface area (Å²) < 4.78 is 24.3. The molecule has 2 unspecified atom stereocenters. The Kier molecular flexibility index (Phi) is 13.1. The molecule has 0 spiro atoms. The Labute approximate surface area is 298 Å². The number of anilines is 1. The second-order valence-corrected chi connectivity index (χ2v) is 18.3. The van der Waals surface area contributed by atoms with E-state index in [0.717, 1.165) is 37.5 Å². The highest BCUT2D eigenvalue weighted by molar-refractivity contribution is 7.92. The Bertz CT molecular complexity index is 1550. The predicted octanol–water partition coefficient (Wildman–Crippen LogP) is 3.29. The lowest BCUT2D eigenvalue weighted by atomic mass is 9.72. The summed E-state index contributed by atoms with van der Waals surface area (Å²) in [6.07, 6.45) is 5.37. The maximum Gasteiger partial charge on any atom is 0.244 e. The van der Waals surface area contributed by atoms with Gasteiger partial charge in [-0.2, -0.15) is 0 Å². The van der Waals surface area contributed by atoms with E-state index in [9.17, 15) is 27.9 Å². The zero-order valence-corrected chi connectivity index (χ0v) is 31.3. The molecule has 2 aromatic rings. The summed E-state index contributed by atoms with van der Waals surface area (Å²) in [6.45, 7) is 9.30. The van der Waals surface area contributed by atoms with Gasteiger partial charge >= 0.3 is 0 Å². The van der Waals surface area contributed by atoms with Gasteiger partial charge in [0.15, 0.2) is 9.84 Å². The Morgan fingerprint density at radius 3 is 2.10 bits per heavy atom. The van der Waals surface area contributed by atoms with Crippen LogP contribution in [-0.2, 0) is 30.6 Å². The van der Waals surface area contributed by atoms with Crippen molar-refractivity contribution in [1.82, 2.24) is 20.9 Å². The van der Waals surface area contributed by atoms with Crippen molar-refractivity contribution >= 4 is 33.2 Å². The Hall–Kier alpha value is -3.48. The Balaban J connectivity index is 1.58. The molecule has 5 N–H and O–H groups in total. The van der Waals surface area contributed by atoms with Crippen LogP contribution in [0.1, 0.15) is 72.3 Å². The summed E-state index contributed by atoms with van der Waals surface area (Å²) in [4.78, 5) is 43.0. The van der Waals surface area contributed by atoms with Crippen molar-refractivity contribution < 1.29 is 27.9 Å². The second-order valence-electron chi connectivity index (χ2n) is 15.7. The number of rotatable bonds is 14. The van der Waals surface area contributed by atoms with Crippen molar-refractivity contribution in [3.8, 4) is 0 Å². The van der Waals surface area contributed by atoms with Crippen LogP contribution in [0.5, 0.6) is 0 Å². The van der Waals surface area contributed by atoms with Crippen LogP contribution in [0.3, 0.4) is 0 Å². The number of hydrogen-bond donors (Lipinski definition) is 5. The number of β-amino-alcohol motifs (C(OH)–C–C–N with tert-alkyl or cyclic N) is 1. The number of piperidine rings is 1. The minimum Gasteiger partial charge on any atom is -0.390 e. The first kappa shape index (κ1) is 39.3. The fraction of sp³-hybridized carbons (Fsp3) is 0.605. The average Bonchev–Trinajstić information content (AvgIpc) is 3.05. The number of fused-ring (bicyclic) bond motifs is 1. The van der Waals surface area contributed by atoms with Gasteiger partial charge in [0.2, 0.25) is 17.7 Å². The third-order valence-corrected chi connectivity index (χ3v) is 12.4. The summed E-state index contributed by atoms with van der Waals surface area (Å²) in [5, 5.41) is 23.7. The minimum atomic E-state index is -3.85. The molecule has 12 heteroatoms. The Morgan fingerprint density at radius 1 is 0.900 bits per heavy atom. The molecule has 11 nitrogen and oxygen atoms in total. The van der Waals surface area contributed by atoms with Gasteiger partial charge in [-0.25, -0.2) is 8.42 Å². The van der Waals surface area contributed by atoms with Crippen molar-refractivity contribution in [3.63, 3.8) is 0 Å². The highest BCUT2D eigenvalue weighted by atomic mass is 32.2. The maximum absolute atomic E-state index is 14.2. The van der Waals surface area contributed by atoms with E-state index in [1.165, 1.54) is 13.8 Å². The molecule has 1 saturated heterocycles. The molecule has 4 rings (SSSR count). The van der Waals surface area contributed by atoms with Crippen LogP contribution in [0.25, 0.3) is 0 Å². The summed E-state index contributed by atoms with van der Waals surface area (Å²) in [5.74, 6) is -0.474. The fourth-order valence-corrected chi connectivity index (χ4v) is 7.73. The number of nitrogens with one attached hydrogen (secondary N) is 4. The van der Waals surface area contributed by atoms with Gasteiger partial charge in [-0.15, -0.1) is 0 Å². The van der Waals surface area contributed by atoms with Crippen LogP contribution in [0.15, 0.2) is 60.7 Å². The van der Waals surface area contributed by atoms with Gasteiger partial charge in [-0.05, 0) is 83.4 Å². The molecule has 0 aromatic heterocycles. The highest BCUT2D eigenvalue weighted by Crippen LogP contribution is 2.39. The van der Waals surface area contributed by atoms with Gasteiger partial charge < -0.3 is 26.4 Å². The topological polar surface area (TPSA) is 157 Å². The normalized spacial score (nSPS) is 21.9. The summed E-state index contributed by atoms with van der Waals surface area (Å²) in [5.41, 5.74) is 1.14. The number of para-hydroxylation sites is 1. The Morgan fingerprint density at radius 2 is 1.50 bits per heavy atom. The molecule has 6 atom stereocenters. The quantitative estimate of drug-likeness (QED) is 0.200. The first-order valence-electron chi connectivity index (χ1n) is 17.8. The number of carbonyl (C=O) groups is 3. The monoisotopic (exact) mass is 711 g/mol. The average molecular weight is 712 g/mol. The van der Waals surface area contributed by atoms with E-state index in [4.69, 9.17) is 0 Å². The van der Waals surface area contributed by atoms with E-state index in [2.05, 4.69) is 26.2 Å². The largest absolute Gasteiger partial charge is 0.390 e. The van der Waals surface area contributed by atoms with Gasteiger partial charge in [0, 0.05) is 30.6 Å². The van der Waals surface area contributed by atoms with E-state index < -0.39 is 56.2 Å². The van der Waals surface area contributed by atoms with E-state index >= 15 is 0 Å². The lowest BCUT2D eigenvalue weighted by Gasteiger charge is -2.47. The number of sulfone groups is 1. The smallest absolute Gasteiger partial charge is 0.244 e. The highest BCUT2D eigenvalue weighted by Gasteiger charge is 2.46. The molecule has 1 aliphatic carbocycles. The van der Waals surface area contributed by atoms with Crippen LogP contribution in [0, 0.1) is 11.8 Å². The molecule has 1 saturated carbocycles. The minimum absolute atomic E-state index is 0.0702. The van der Waals surface area contributed by atoms with E-state index in [1.807, 2.05) is 69.3 Å². The van der Waals surface area contributed by atoms with Crippen LogP contribution in [0.4, 0.5) is 5.69 Å². The van der Waals surface area contributed by atoms with Crippen LogP contribution >= 0.6 is 0 Å². The number of carbonyl (C=O) groups excluding carboxylic acids is 3. The van der Waals surface area contributed by atoms with Gasteiger partial charge in [0.1, 0.15) is 6.04 Å². The molecule has 2 aliphatic rings. The molecule has 1 heterocycles. The lowest BCUT2D eigenvalue weighted by Crippen LogP contribution is -2.64. The van der Waals surface area contributed by atoms with E-state index in [1.54, 1.807) is 12.1 Å². The van der Waals surface area contributed by atoms with Crippen molar-refractivity contribution in [2.24, 2.45) is 11.8 Å². The first-order valence-corrected chi connectivity index (χ1v) is 19.7. The van der Waals surface area contributed by atoms with Crippen molar-refractivity contribution in [1.29, 1.82) is 0 Å². The molecule has 50 heavy (non-hydrogen) atoms. The number of aliphatic hydroxyl groups is 1. The van der Waals surface area contributed by atoms with E-state index in [-0.39, 0.29) is 25.4 Å². The van der Waals surface area contributed by atoms with Gasteiger partial charge in [0.05, 0.1) is 29.5 Å². The van der Waals surface area contributed by atoms with Gasteiger partial charge in [-0.1, -0.05) is 67.8 Å². The number of likely N-dealkylation sites (tertiary alicyclic amines) is 1. The molecular weight excluding hydrogens is 655 g/mol. The van der Waals surface area contributed by atoms with Gasteiger partial charge in [-0.3, -0.25) is 19.3 Å². The number of nitrogens with zero attached hydrogens (tertiary/aromatic N) is 1. The van der Waals surface area contributed by atoms with Gasteiger partial charge in [0.25, 0.3) is 0 Å². The zero-order chi connectivity index (χ0) is 36.7. The molecule has 3 amide bonds. The molecule has 2 aromatic carbocycles. The van der Waals surface area contributed by atoms with Crippen LogP contribution in [0.2, 0.25) is 0 Å². The molecule has 276 valence electrons. The predicted molar refractivity (Wildman–Crippen MR) is 197 cm³/mol. The molecular formula is C38H57N5O6S. The molecule has 2 fully saturated rings. The number of amides is 3. The number of hydrogen-bond acceptors (Lipinski definition) is 8. The van der Waals surface area contributed by atoms with E-state index in [0.29, 0.717) is 30.5 Å². The zero-order valence-electron chi connectivity index (χ0n) is 30.4. The van der Waals surface area contributed by atoms with Crippen molar-refractivity contribution in [2.75, 3.05) is 31.2 Å². The molecule has 0 radical (unpaired) electrons. The molecule has 1 aliphatic heterocycles. The molecule has 0 bridgehead atoms. The SMILES string of the molecule is CC(C)(C)NC(=O)[C@@H]1CC2CCCCC2CN1C[C@@H](O)[C@H](Cc1ccccc1)NC(=O)[C@@H](NC(=O)CNc1ccccc1)C(C)(C)S(C)(=O)=O. The summed E-state index contributed by atoms with van der Waals surface area (Å²) in [6, 6.07) is 15.7. The summed E-state index contributed by atoms with van der Waals surface area (Å²) >= 11 is 0. The van der Waals surface area contributed by atoms with Crippen LogP contribution in [-0.4, -0.2) is 96.6 Å². The lowest BCUT2D eigenvalue weighted by molar-refractivity contribution is -0.133. The summed E-state index contributed by atoms with van der Waals surface area (Å²) in [7, 11) is -3.85.